The first-order valence-electron chi connectivity index (χ1n) is 0. The molecule has 4 heteroatoms. The fraction of sp³-hybridized carbons (Fsp3) is 0. The summed E-state index contributed by atoms with van der Waals surface area (Å²) in [5.74, 6) is 0. The van der Waals surface area contributed by atoms with E-state index in [1.54, 1.807) is 0 Å². The topological polar surface area (TPSA) is 35.0 Å². The van der Waals surface area contributed by atoms with Gasteiger partial charge < -0.3 is 6.15 Å². The van der Waals surface area contributed by atoms with E-state index in [0.717, 1.165) is 0 Å². The first kappa shape index (κ1) is 47.1. The first-order chi connectivity index (χ1) is 0. The van der Waals surface area contributed by atoms with Crippen molar-refractivity contribution in [3.63, 3.8) is 0 Å². The molecule has 0 spiro atoms. The molecule has 0 aromatic carbocycles. The normalized spacial score (nSPS) is 0. The predicted molar refractivity (Wildman–Crippen MR) is 30.8 cm³/mol. The smallest absolute Gasteiger partial charge is 0 e. The van der Waals surface area contributed by atoms with Crippen LogP contribution < -0.4 is 6.15 Å². The van der Waals surface area contributed by atoms with Gasteiger partial charge in [0.25, 0.3) is 0 Å². The third-order valence-electron chi connectivity index (χ3n) is 0. The minimum Gasteiger partial charge on any atom is -0.344 e. The molecule has 1 nitrogen and oxygen atoms in total. The molecule has 0 saturated heterocycles. The van der Waals surface area contributed by atoms with Gasteiger partial charge in [0.2, 0.25) is 0 Å². The van der Waals surface area contributed by atoms with E-state index in [-0.39, 0.29) is 61.0 Å². The van der Waals surface area contributed by atoms with E-state index in [0.29, 0.717) is 0 Å². The molecule has 0 aliphatic carbocycles. The minimum absolute atomic E-state index is 0. The van der Waals surface area contributed by atoms with Crippen molar-refractivity contribution in [3.8, 4) is 0 Å². The Morgan fingerprint density at radius 2 is 1.00 bits per heavy atom. The Balaban J connectivity index is 0. The van der Waals surface area contributed by atoms with Gasteiger partial charge in [-0.2, -0.15) is 13.5 Å². The van der Waals surface area contributed by atoms with Gasteiger partial charge in [0, 0.05) is 17.4 Å². The fourth-order valence-corrected chi connectivity index (χ4v) is 0. The van der Waals surface area contributed by atoms with E-state index in [4.69, 9.17) is 0 Å². The zero-order valence-electron chi connectivity index (χ0n) is 2.02. The van der Waals surface area contributed by atoms with E-state index in [1.807, 2.05) is 0 Å². The Kier molecular flexibility index (Phi) is 278. The zero-order chi connectivity index (χ0) is 0. The van der Waals surface area contributed by atoms with Gasteiger partial charge in [-0.05, 0) is 0 Å². The quantitative estimate of drug-likeness (QED) is 0.617. The van der Waals surface area contributed by atoms with Crippen molar-refractivity contribution in [3.05, 3.63) is 0 Å². The Morgan fingerprint density at radius 1 is 1.00 bits per heavy atom. The Morgan fingerprint density at radius 3 is 1.00 bits per heavy atom. The monoisotopic (exact) mass is 231 g/mol. The van der Waals surface area contributed by atoms with Crippen molar-refractivity contribution in [1.29, 1.82) is 0 Å². The van der Waals surface area contributed by atoms with Crippen LogP contribution >= 0.6 is 37.5 Å². The zero-order valence-corrected chi connectivity index (χ0v) is 6.63. The molecule has 0 bridgehead atoms. The Hall–Kier alpha value is 1.57. The number of rotatable bonds is 0. The second-order valence-electron chi connectivity index (χ2n) is 0. The van der Waals surface area contributed by atoms with Crippen molar-refractivity contribution in [2.75, 3.05) is 0 Å². The van der Waals surface area contributed by atoms with E-state index < -0.39 is 0 Å². The molecule has 0 unspecified atom stereocenters. The van der Waals surface area contributed by atoms with Crippen LogP contribution in [0.25, 0.3) is 0 Å². The third kappa shape index (κ3) is 9.56. The van der Waals surface area contributed by atoms with Crippen LogP contribution in [0.1, 0.15) is 0 Å². The summed E-state index contributed by atoms with van der Waals surface area (Å²) in [5, 5.41) is 0. The van der Waals surface area contributed by atoms with Crippen LogP contribution in [0, 0.1) is 0 Å². The molecule has 0 fully saturated rings. The summed E-state index contributed by atoms with van der Waals surface area (Å²) >= 11 is 0. The van der Waals surface area contributed by atoms with Crippen LogP contribution in [-0.2, 0) is 17.4 Å². The number of hydrogen-bond acceptors (Lipinski definition) is 1. The van der Waals surface area contributed by atoms with Crippen molar-refractivity contribution >= 4 is 37.5 Å². The summed E-state index contributed by atoms with van der Waals surface area (Å²) < 4.78 is 0. The van der Waals surface area contributed by atoms with E-state index in [9.17, 15) is 0 Å². The van der Waals surface area contributed by atoms with E-state index in [2.05, 4.69) is 0 Å². The molecule has 4 heavy (non-hydrogen) atoms. The van der Waals surface area contributed by atoms with Crippen LogP contribution in [0.2, 0.25) is 0 Å². The van der Waals surface area contributed by atoms with Gasteiger partial charge in [-0.25, -0.2) is 0 Å². The maximum Gasteiger partial charge on any atom is 0 e. The van der Waals surface area contributed by atoms with Crippen molar-refractivity contribution in [1.82, 2.24) is 6.15 Å². The molecule has 0 aliphatic heterocycles. The summed E-state index contributed by atoms with van der Waals surface area (Å²) in [6.07, 6.45) is 0. The van der Waals surface area contributed by atoms with E-state index in [1.165, 1.54) is 0 Å². The summed E-state index contributed by atoms with van der Waals surface area (Å²) in [4.78, 5) is 0. The van der Waals surface area contributed by atoms with Gasteiger partial charge in [-0.3, -0.25) is 0 Å². The molecule has 0 aromatic heterocycles. The Labute approximate surface area is 60.7 Å². The molecule has 0 radical (unpaired) electrons. The maximum absolute atomic E-state index is 0. The van der Waals surface area contributed by atoms with Gasteiger partial charge >= 0.3 is 0 Å². The summed E-state index contributed by atoms with van der Waals surface area (Å²) in [6, 6.07) is 0. The molecular weight excluding hydrogens is 225 g/mol. The average Bonchev–Trinajstić information content (AvgIpc) is 0. The second kappa shape index (κ2) is 23.6. The minimum atomic E-state index is 0. The number of halogens is 1. The van der Waals surface area contributed by atoms with Crippen LogP contribution in [-0.4, -0.2) is 0 Å². The summed E-state index contributed by atoms with van der Waals surface area (Å²) in [6.45, 7) is 0. The first-order valence-corrected chi connectivity index (χ1v) is 0. The van der Waals surface area contributed by atoms with Crippen molar-refractivity contribution in [2.45, 2.75) is 0 Å². The van der Waals surface area contributed by atoms with Gasteiger partial charge in [0.1, 0.15) is 0 Å². The summed E-state index contributed by atoms with van der Waals surface area (Å²) in [5.41, 5.74) is 0. The molecule has 0 atom stereocenters. The van der Waals surface area contributed by atoms with Crippen LogP contribution in [0.4, 0.5) is 0 Å². The van der Waals surface area contributed by atoms with Crippen LogP contribution in [0.15, 0.2) is 0 Å². The molecule has 30 valence electrons. The fourth-order valence-electron chi connectivity index (χ4n) is 0. The van der Waals surface area contributed by atoms with Gasteiger partial charge in [-0.15, -0.1) is 24.0 Å². The molecule has 0 amide bonds. The third-order valence-corrected chi connectivity index (χ3v) is 0. The molecule has 0 heterocycles. The van der Waals surface area contributed by atoms with Gasteiger partial charge in [0.05, 0.1) is 0 Å². The number of hydrogen-bond donors (Lipinski definition) is 1. The molecule has 0 rings (SSSR count). The predicted octanol–water partition coefficient (Wildman–Crippen LogP) is 0.890. The molecular formula is H6CrINS. The summed E-state index contributed by atoms with van der Waals surface area (Å²) in [7, 11) is 0. The second-order valence-corrected chi connectivity index (χ2v) is 0. The molecule has 0 aliphatic rings. The van der Waals surface area contributed by atoms with Crippen molar-refractivity contribution in [2.24, 2.45) is 0 Å². The molecule has 0 saturated carbocycles. The van der Waals surface area contributed by atoms with E-state index >= 15 is 0 Å². The van der Waals surface area contributed by atoms with Gasteiger partial charge in [-0.1, -0.05) is 0 Å². The standard InChI is InChI=1S/Cr.HI.H3N.H2S/h;1H;1H3;1H2. The van der Waals surface area contributed by atoms with Crippen molar-refractivity contribution < 1.29 is 17.4 Å². The van der Waals surface area contributed by atoms with Crippen LogP contribution in [0.5, 0.6) is 0 Å². The molecule has 0 aromatic rings. The SMILES string of the molecule is I.N.S.[Cr]. The van der Waals surface area contributed by atoms with Crippen LogP contribution in [0.3, 0.4) is 0 Å². The Bertz CT molecular complexity index is 8.00. The molecule has 3 N–H and O–H groups in total. The largest absolute Gasteiger partial charge is 0.344 e. The average molecular weight is 231 g/mol. The maximum atomic E-state index is 0. The van der Waals surface area contributed by atoms with Gasteiger partial charge in [0.15, 0.2) is 0 Å².